The van der Waals surface area contributed by atoms with Gasteiger partial charge in [0, 0.05) is 13.1 Å². The van der Waals surface area contributed by atoms with Gasteiger partial charge in [0.2, 0.25) is 5.91 Å². The number of rotatable bonds is 8. The molecular formula is C14H29N3O. The lowest BCUT2D eigenvalue weighted by atomic mass is 10.1. The molecule has 1 heterocycles. The van der Waals surface area contributed by atoms with Gasteiger partial charge in [0.1, 0.15) is 0 Å². The maximum atomic E-state index is 11.8. The van der Waals surface area contributed by atoms with E-state index in [4.69, 9.17) is 0 Å². The third-order valence-corrected chi connectivity index (χ3v) is 3.67. The van der Waals surface area contributed by atoms with Crippen LogP contribution in [0.3, 0.4) is 0 Å². The molecular weight excluding hydrogens is 226 g/mol. The Bertz CT molecular complexity index is 245. The van der Waals surface area contributed by atoms with Crippen LogP contribution in [-0.2, 0) is 4.79 Å². The van der Waals surface area contributed by atoms with Crippen LogP contribution in [0.25, 0.3) is 0 Å². The van der Waals surface area contributed by atoms with Crippen LogP contribution < -0.4 is 10.6 Å². The lowest BCUT2D eigenvalue weighted by Crippen LogP contribution is -2.44. The maximum absolute atomic E-state index is 11.8. The molecule has 1 aliphatic rings. The average molecular weight is 255 g/mol. The highest BCUT2D eigenvalue weighted by Crippen LogP contribution is 2.12. The molecule has 0 aromatic rings. The SMILES string of the molecule is CCCCCNC(=O)C(C)NCC1CCN(C)C1. The maximum Gasteiger partial charge on any atom is 0.236 e. The summed E-state index contributed by atoms with van der Waals surface area (Å²) in [7, 11) is 2.16. The minimum absolute atomic E-state index is 0.0717. The van der Waals surface area contributed by atoms with Crippen LogP contribution in [0.2, 0.25) is 0 Å². The Morgan fingerprint density at radius 2 is 2.22 bits per heavy atom. The average Bonchev–Trinajstić information content (AvgIpc) is 2.77. The molecule has 2 N–H and O–H groups in total. The van der Waals surface area contributed by atoms with E-state index in [1.165, 1.54) is 25.8 Å². The number of unbranched alkanes of at least 4 members (excludes halogenated alkanes) is 2. The minimum atomic E-state index is -0.0717. The first-order chi connectivity index (χ1) is 8.63. The summed E-state index contributed by atoms with van der Waals surface area (Å²) in [6.45, 7) is 8.22. The van der Waals surface area contributed by atoms with Crippen LogP contribution >= 0.6 is 0 Å². The van der Waals surface area contributed by atoms with Crippen molar-refractivity contribution < 1.29 is 4.79 Å². The van der Waals surface area contributed by atoms with E-state index in [1.807, 2.05) is 6.92 Å². The second kappa shape index (κ2) is 8.48. The van der Waals surface area contributed by atoms with Crippen LogP contribution in [0.4, 0.5) is 0 Å². The summed E-state index contributed by atoms with van der Waals surface area (Å²) in [4.78, 5) is 14.1. The van der Waals surface area contributed by atoms with Crippen molar-refractivity contribution in [3.63, 3.8) is 0 Å². The van der Waals surface area contributed by atoms with E-state index in [9.17, 15) is 4.79 Å². The molecule has 1 amide bonds. The van der Waals surface area contributed by atoms with Crippen LogP contribution in [0, 0.1) is 5.92 Å². The predicted molar refractivity (Wildman–Crippen MR) is 75.6 cm³/mol. The number of likely N-dealkylation sites (tertiary alicyclic amines) is 1. The molecule has 0 saturated carbocycles. The van der Waals surface area contributed by atoms with Crippen molar-refractivity contribution >= 4 is 5.91 Å². The Hall–Kier alpha value is -0.610. The monoisotopic (exact) mass is 255 g/mol. The van der Waals surface area contributed by atoms with Gasteiger partial charge in [-0.1, -0.05) is 19.8 Å². The molecule has 0 aromatic carbocycles. The van der Waals surface area contributed by atoms with Crippen molar-refractivity contribution in [3.8, 4) is 0 Å². The van der Waals surface area contributed by atoms with Crippen molar-refractivity contribution in [3.05, 3.63) is 0 Å². The fourth-order valence-corrected chi connectivity index (χ4v) is 2.37. The summed E-state index contributed by atoms with van der Waals surface area (Å²) >= 11 is 0. The predicted octanol–water partition coefficient (Wildman–Crippen LogP) is 1.22. The van der Waals surface area contributed by atoms with Crippen LogP contribution in [0.1, 0.15) is 39.5 Å². The zero-order valence-electron chi connectivity index (χ0n) is 12.2. The lowest BCUT2D eigenvalue weighted by Gasteiger charge is -2.17. The number of hydrogen-bond donors (Lipinski definition) is 2. The van der Waals surface area contributed by atoms with Crippen molar-refractivity contribution in [2.24, 2.45) is 5.92 Å². The van der Waals surface area contributed by atoms with Crippen molar-refractivity contribution in [2.75, 3.05) is 33.2 Å². The van der Waals surface area contributed by atoms with Crippen molar-refractivity contribution in [1.29, 1.82) is 0 Å². The van der Waals surface area contributed by atoms with Crippen LogP contribution in [0.15, 0.2) is 0 Å². The van der Waals surface area contributed by atoms with E-state index in [0.29, 0.717) is 5.92 Å². The number of hydrogen-bond acceptors (Lipinski definition) is 3. The Morgan fingerprint density at radius 3 is 2.83 bits per heavy atom. The topological polar surface area (TPSA) is 44.4 Å². The smallest absolute Gasteiger partial charge is 0.236 e. The number of nitrogens with zero attached hydrogens (tertiary/aromatic N) is 1. The summed E-state index contributed by atoms with van der Waals surface area (Å²) in [6, 6.07) is -0.0717. The summed E-state index contributed by atoms with van der Waals surface area (Å²) in [6.07, 6.45) is 4.71. The summed E-state index contributed by atoms with van der Waals surface area (Å²) in [5.41, 5.74) is 0. The van der Waals surface area contributed by atoms with Crippen LogP contribution in [-0.4, -0.2) is 50.1 Å². The number of nitrogens with one attached hydrogen (secondary N) is 2. The molecule has 1 fully saturated rings. The van der Waals surface area contributed by atoms with Gasteiger partial charge in [-0.2, -0.15) is 0 Å². The summed E-state index contributed by atoms with van der Waals surface area (Å²) in [5, 5.41) is 6.34. The first-order valence-electron chi connectivity index (χ1n) is 7.33. The molecule has 2 unspecified atom stereocenters. The van der Waals surface area contributed by atoms with Gasteiger partial charge in [0.05, 0.1) is 6.04 Å². The zero-order chi connectivity index (χ0) is 13.4. The van der Waals surface area contributed by atoms with Gasteiger partial charge in [-0.3, -0.25) is 4.79 Å². The number of amides is 1. The van der Waals surface area contributed by atoms with Gasteiger partial charge in [-0.05, 0) is 45.8 Å². The van der Waals surface area contributed by atoms with Gasteiger partial charge in [0.25, 0.3) is 0 Å². The molecule has 1 rings (SSSR count). The van der Waals surface area contributed by atoms with E-state index in [0.717, 1.165) is 26.1 Å². The second-order valence-corrected chi connectivity index (χ2v) is 5.55. The molecule has 2 atom stereocenters. The van der Waals surface area contributed by atoms with E-state index in [2.05, 4.69) is 29.5 Å². The largest absolute Gasteiger partial charge is 0.355 e. The molecule has 0 spiro atoms. The second-order valence-electron chi connectivity index (χ2n) is 5.55. The molecule has 4 heteroatoms. The first kappa shape index (κ1) is 15.4. The molecule has 0 radical (unpaired) electrons. The quantitative estimate of drug-likeness (QED) is 0.641. The number of carbonyl (C=O) groups is 1. The fraction of sp³-hybridized carbons (Fsp3) is 0.929. The van der Waals surface area contributed by atoms with Gasteiger partial charge >= 0.3 is 0 Å². The first-order valence-corrected chi connectivity index (χ1v) is 7.33. The van der Waals surface area contributed by atoms with Crippen LogP contribution in [0.5, 0.6) is 0 Å². The van der Waals surface area contributed by atoms with E-state index < -0.39 is 0 Å². The summed E-state index contributed by atoms with van der Waals surface area (Å²) < 4.78 is 0. The Balaban J connectivity index is 2.08. The van der Waals surface area contributed by atoms with E-state index >= 15 is 0 Å². The molecule has 0 aliphatic carbocycles. The van der Waals surface area contributed by atoms with Crippen molar-refractivity contribution in [1.82, 2.24) is 15.5 Å². The Morgan fingerprint density at radius 1 is 1.44 bits per heavy atom. The third kappa shape index (κ3) is 5.83. The molecule has 1 saturated heterocycles. The standard InChI is InChI=1S/C14H29N3O/c1-4-5-6-8-15-14(18)12(2)16-10-13-7-9-17(3)11-13/h12-13,16H,4-11H2,1-3H3,(H,15,18). The Labute approximate surface area is 111 Å². The minimum Gasteiger partial charge on any atom is -0.355 e. The third-order valence-electron chi connectivity index (χ3n) is 3.67. The Kier molecular flexibility index (Phi) is 7.28. The molecule has 106 valence electrons. The van der Waals surface area contributed by atoms with E-state index in [1.54, 1.807) is 0 Å². The highest BCUT2D eigenvalue weighted by Gasteiger charge is 2.20. The molecule has 0 bridgehead atoms. The van der Waals surface area contributed by atoms with Gasteiger partial charge in [0.15, 0.2) is 0 Å². The molecule has 0 aromatic heterocycles. The fourth-order valence-electron chi connectivity index (χ4n) is 2.37. The van der Waals surface area contributed by atoms with Crippen molar-refractivity contribution in [2.45, 2.75) is 45.6 Å². The normalized spacial score (nSPS) is 22.1. The molecule has 4 nitrogen and oxygen atoms in total. The van der Waals surface area contributed by atoms with Gasteiger partial charge < -0.3 is 15.5 Å². The van der Waals surface area contributed by atoms with Gasteiger partial charge in [-0.15, -0.1) is 0 Å². The lowest BCUT2D eigenvalue weighted by molar-refractivity contribution is -0.122. The highest BCUT2D eigenvalue weighted by molar-refractivity contribution is 5.81. The molecule has 1 aliphatic heterocycles. The van der Waals surface area contributed by atoms with E-state index in [-0.39, 0.29) is 11.9 Å². The number of carbonyl (C=O) groups excluding carboxylic acids is 1. The molecule has 18 heavy (non-hydrogen) atoms. The van der Waals surface area contributed by atoms with Gasteiger partial charge in [-0.25, -0.2) is 0 Å². The zero-order valence-corrected chi connectivity index (χ0v) is 12.2. The summed E-state index contributed by atoms with van der Waals surface area (Å²) in [5.74, 6) is 0.836. The highest BCUT2D eigenvalue weighted by atomic mass is 16.2.